The average molecular weight is 407 g/mol. The fraction of sp³-hybridized carbons (Fsp3) is 0.375. The van der Waals surface area contributed by atoms with Gasteiger partial charge in [-0.05, 0) is 36.2 Å². The Morgan fingerprint density at radius 2 is 1.93 bits per heavy atom. The number of nitrogens with one attached hydrogen (secondary N) is 2. The number of nitrogens with zero attached hydrogens (tertiary/aromatic N) is 1. The molecule has 1 fully saturated rings. The lowest BCUT2D eigenvalue weighted by molar-refractivity contribution is -0.902. The van der Waals surface area contributed by atoms with Crippen molar-refractivity contribution in [3.8, 4) is 11.5 Å². The Hall–Kier alpha value is -2.99. The van der Waals surface area contributed by atoms with Crippen LogP contribution in [0.5, 0.6) is 11.5 Å². The molecule has 6 heteroatoms. The molecular weight excluding hydrogens is 378 g/mol. The number of rotatable bonds is 5. The van der Waals surface area contributed by atoms with Gasteiger partial charge in [-0.3, -0.25) is 4.79 Å². The molecule has 1 saturated heterocycles. The van der Waals surface area contributed by atoms with E-state index in [1.54, 1.807) is 4.90 Å². The minimum absolute atomic E-state index is 0.0419. The molecule has 1 atom stereocenters. The number of aromatic nitrogens is 1. The van der Waals surface area contributed by atoms with Crippen LogP contribution in [0.3, 0.4) is 0 Å². The number of fused-ring (bicyclic) bond motifs is 2. The summed E-state index contributed by atoms with van der Waals surface area (Å²) < 4.78 is 11.1. The van der Waals surface area contributed by atoms with Crippen LogP contribution in [0.25, 0.3) is 10.9 Å². The van der Waals surface area contributed by atoms with Crippen LogP contribution >= 0.6 is 0 Å². The van der Waals surface area contributed by atoms with E-state index in [2.05, 4.69) is 30.1 Å². The van der Waals surface area contributed by atoms with Crippen LogP contribution in [0.4, 0.5) is 0 Å². The molecule has 2 N–H and O–H groups in total. The van der Waals surface area contributed by atoms with E-state index in [0.29, 0.717) is 6.42 Å². The summed E-state index contributed by atoms with van der Waals surface area (Å²) in [6.07, 6.45) is 2.50. The highest BCUT2D eigenvalue weighted by molar-refractivity contribution is 5.86. The summed E-state index contributed by atoms with van der Waals surface area (Å²) in [5, 5.41) is 1.16. The lowest BCUT2D eigenvalue weighted by Gasteiger charge is -2.32. The quantitative estimate of drug-likeness (QED) is 0.683. The van der Waals surface area contributed by atoms with Crippen LogP contribution in [-0.2, 0) is 4.79 Å². The van der Waals surface area contributed by atoms with Crippen LogP contribution in [0.15, 0.2) is 48.7 Å². The molecule has 3 aromatic rings. The molecule has 0 unspecified atom stereocenters. The van der Waals surface area contributed by atoms with Gasteiger partial charge in [0.25, 0.3) is 0 Å². The number of hydrogen-bond donors (Lipinski definition) is 2. The van der Waals surface area contributed by atoms with E-state index in [1.165, 1.54) is 0 Å². The Bertz CT molecular complexity index is 1050. The molecule has 1 amide bonds. The van der Waals surface area contributed by atoms with Crippen molar-refractivity contribution in [3.63, 3.8) is 0 Å². The Balaban J connectivity index is 1.46. The van der Waals surface area contributed by atoms with Gasteiger partial charge in [0.15, 0.2) is 11.5 Å². The first-order valence-corrected chi connectivity index (χ1v) is 10.8. The minimum atomic E-state index is -0.0419. The third-order valence-corrected chi connectivity index (χ3v) is 6.50. The van der Waals surface area contributed by atoms with Crippen molar-refractivity contribution in [2.45, 2.75) is 19.3 Å². The SMILES string of the molecule is CC[NH+]1CCN(C(=O)C[C@H](c2ccc3c(c2)OCO3)c2c[nH]c3ccccc23)CC1. The molecule has 5 rings (SSSR count). The summed E-state index contributed by atoms with van der Waals surface area (Å²) in [5.41, 5.74) is 3.32. The van der Waals surface area contributed by atoms with E-state index in [-0.39, 0.29) is 18.6 Å². The summed E-state index contributed by atoms with van der Waals surface area (Å²) in [5.74, 6) is 1.70. The number of amides is 1. The highest BCUT2D eigenvalue weighted by Crippen LogP contribution is 2.39. The largest absolute Gasteiger partial charge is 0.454 e. The molecule has 2 aliphatic rings. The van der Waals surface area contributed by atoms with Crippen molar-refractivity contribution in [3.05, 3.63) is 59.8 Å². The number of benzene rings is 2. The highest BCUT2D eigenvalue weighted by atomic mass is 16.7. The molecule has 0 radical (unpaired) electrons. The zero-order valence-corrected chi connectivity index (χ0v) is 17.3. The molecule has 156 valence electrons. The zero-order chi connectivity index (χ0) is 20.5. The smallest absolute Gasteiger partial charge is 0.231 e. The van der Waals surface area contributed by atoms with E-state index in [9.17, 15) is 4.79 Å². The first-order valence-electron chi connectivity index (χ1n) is 10.8. The summed E-state index contributed by atoms with van der Waals surface area (Å²) in [6, 6.07) is 14.3. The number of piperazine rings is 1. The third kappa shape index (κ3) is 3.52. The predicted octanol–water partition coefficient (Wildman–Crippen LogP) is 2.17. The van der Waals surface area contributed by atoms with E-state index >= 15 is 0 Å². The van der Waals surface area contributed by atoms with Gasteiger partial charge in [0, 0.05) is 29.4 Å². The van der Waals surface area contributed by atoms with E-state index in [1.807, 2.05) is 35.4 Å². The van der Waals surface area contributed by atoms with Gasteiger partial charge in [-0.15, -0.1) is 0 Å². The summed E-state index contributed by atoms with van der Waals surface area (Å²) in [6.45, 7) is 7.32. The van der Waals surface area contributed by atoms with Crippen molar-refractivity contribution in [1.29, 1.82) is 0 Å². The van der Waals surface area contributed by atoms with Gasteiger partial charge in [0.1, 0.15) is 0 Å². The molecule has 1 aromatic heterocycles. The normalized spacial score (nSPS) is 17.4. The molecule has 0 saturated carbocycles. The Morgan fingerprint density at radius 1 is 1.13 bits per heavy atom. The minimum Gasteiger partial charge on any atom is -0.454 e. The average Bonchev–Trinajstić information content (AvgIpc) is 3.44. The van der Waals surface area contributed by atoms with Crippen LogP contribution < -0.4 is 14.4 Å². The maximum absolute atomic E-state index is 13.3. The maximum atomic E-state index is 13.3. The Morgan fingerprint density at radius 3 is 2.77 bits per heavy atom. The van der Waals surface area contributed by atoms with Gasteiger partial charge < -0.3 is 24.3 Å². The molecule has 2 aliphatic heterocycles. The second-order valence-electron chi connectivity index (χ2n) is 8.14. The van der Waals surface area contributed by atoms with Crippen molar-refractivity contribution < 1.29 is 19.2 Å². The zero-order valence-electron chi connectivity index (χ0n) is 17.3. The van der Waals surface area contributed by atoms with Crippen molar-refractivity contribution in [1.82, 2.24) is 9.88 Å². The number of carbonyl (C=O) groups excluding carboxylic acids is 1. The number of hydrogen-bond acceptors (Lipinski definition) is 3. The van der Waals surface area contributed by atoms with Crippen LogP contribution in [0, 0.1) is 0 Å². The van der Waals surface area contributed by atoms with Crippen molar-refractivity contribution in [2.24, 2.45) is 0 Å². The van der Waals surface area contributed by atoms with Crippen LogP contribution in [-0.4, -0.2) is 55.3 Å². The van der Waals surface area contributed by atoms with E-state index in [0.717, 1.165) is 66.3 Å². The number of ether oxygens (including phenoxy) is 2. The topological polar surface area (TPSA) is 59.0 Å². The van der Waals surface area contributed by atoms with Crippen molar-refractivity contribution in [2.75, 3.05) is 39.5 Å². The number of aromatic amines is 1. The number of quaternary nitrogens is 1. The highest BCUT2D eigenvalue weighted by Gasteiger charge is 2.28. The molecule has 0 aliphatic carbocycles. The fourth-order valence-electron chi connectivity index (χ4n) is 4.65. The molecule has 0 bridgehead atoms. The number of H-pyrrole nitrogens is 1. The van der Waals surface area contributed by atoms with Crippen molar-refractivity contribution >= 4 is 16.8 Å². The first kappa shape index (κ1) is 19.0. The lowest BCUT2D eigenvalue weighted by atomic mass is 9.87. The summed E-state index contributed by atoms with van der Waals surface area (Å²) in [4.78, 5) is 20.3. The van der Waals surface area contributed by atoms with Crippen LogP contribution in [0.1, 0.15) is 30.4 Å². The van der Waals surface area contributed by atoms with Crippen LogP contribution in [0.2, 0.25) is 0 Å². The third-order valence-electron chi connectivity index (χ3n) is 6.50. The molecule has 0 spiro atoms. The van der Waals surface area contributed by atoms with Gasteiger partial charge in [0.2, 0.25) is 12.7 Å². The second kappa shape index (κ2) is 8.03. The predicted molar refractivity (Wildman–Crippen MR) is 115 cm³/mol. The van der Waals surface area contributed by atoms with E-state index in [4.69, 9.17) is 9.47 Å². The number of carbonyl (C=O) groups is 1. The molecule has 6 nitrogen and oxygen atoms in total. The number of likely N-dealkylation sites (N-methyl/N-ethyl adjacent to an activating group) is 1. The van der Waals surface area contributed by atoms with Gasteiger partial charge >= 0.3 is 0 Å². The Labute approximate surface area is 176 Å². The van der Waals surface area contributed by atoms with E-state index < -0.39 is 0 Å². The molecule has 30 heavy (non-hydrogen) atoms. The maximum Gasteiger partial charge on any atom is 0.231 e. The van der Waals surface area contributed by atoms with Gasteiger partial charge in [-0.25, -0.2) is 0 Å². The van der Waals surface area contributed by atoms with Gasteiger partial charge in [0.05, 0.1) is 32.7 Å². The Kier molecular flexibility index (Phi) is 5.09. The molecular formula is C24H28N3O3+. The molecule has 2 aromatic carbocycles. The monoisotopic (exact) mass is 406 g/mol. The second-order valence-corrected chi connectivity index (χ2v) is 8.14. The molecule has 3 heterocycles. The van der Waals surface area contributed by atoms with Gasteiger partial charge in [-0.2, -0.15) is 0 Å². The fourth-order valence-corrected chi connectivity index (χ4v) is 4.65. The standard InChI is InChI=1S/C24H27N3O3/c1-2-26-9-11-27(12-10-26)24(28)14-19(17-7-8-22-23(13-17)30-16-29-22)20-15-25-21-6-4-3-5-18(20)21/h3-8,13,15,19,25H,2,9-12,14,16H2,1H3/p+1/t19-/m1/s1. The summed E-state index contributed by atoms with van der Waals surface area (Å²) >= 11 is 0. The summed E-state index contributed by atoms with van der Waals surface area (Å²) in [7, 11) is 0. The first-order chi connectivity index (χ1) is 14.7. The lowest BCUT2D eigenvalue weighted by Crippen LogP contribution is -3.14. The number of para-hydroxylation sites is 1. The van der Waals surface area contributed by atoms with Gasteiger partial charge in [-0.1, -0.05) is 24.3 Å².